The molecule has 2 aromatic carbocycles. The Morgan fingerprint density at radius 1 is 0.971 bits per heavy atom. The zero-order chi connectivity index (χ0) is 24.7. The minimum Gasteiger partial charge on any atom is -0.467 e. The average molecular weight is 476 g/mol. The highest BCUT2D eigenvalue weighted by molar-refractivity contribution is 6.14. The van der Waals surface area contributed by atoms with Gasteiger partial charge in [-0.1, -0.05) is 48.5 Å². The van der Waals surface area contributed by atoms with Crippen molar-refractivity contribution in [1.29, 1.82) is 0 Å². The normalized spacial score (nSPS) is 24.0. The van der Waals surface area contributed by atoms with E-state index < -0.39 is 35.4 Å². The number of carbonyl (C=O) groups is 3. The number of aliphatic imine (C=N–C) groups is 1. The number of para-hydroxylation sites is 1. The number of nitrogens with zero attached hydrogens (tertiary/aromatic N) is 2. The molecule has 0 saturated heterocycles. The molecule has 0 fully saturated rings. The van der Waals surface area contributed by atoms with Crippen LogP contribution in [0.15, 0.2) is 70.9 Å². The lowest BCUT2D eigenvalue weighted by molar-refractivity contribution is -0.142. The molecule has 3 aliphatic rings. The van der Waals surface area contributed by atoms with E-state index in [1.54, 1.807) is 0 Å². The molecule has 9 heteroatoms. The Kier molecular flexibility index (Phi) is 5.55. The van der Waals surface area contributed by atoms with E-state index in [0.29, 0.717) is 12.4 Å². The van der Waals surface area contributed by atoms with Crippen LogP contribution in [0.25, 0.3) is 0 Å². The number of hydrogen-bond acceptors (Lipinski definition) is 9. The Balaban J connectivity index is 1.78. The van der Waals surface area contributed by atoms with Crippen LogP contribution in [0.1, 0.15) is 17.5 Å². The van der Waals surface area contributed by atoms with E-state index in [2.05, 4.69) is 15.2 Å². The summed E-state index contributed by atoms with van der Waals surface area (Å²) in [5.41, 5.74) is 2.00. The molecule has 2 unspecified atom stereocenters. The van der Waals surface area contributed by atoms with Gasteiger partial charge in [-0.2, -0.15) is 0 Å². The predicted octanol–water partition coefficient (Wildman–Crippen LogP) is 1.86. The van der Waals surface area contributed by atoms with E-state index in [4.69, 9.17) is 14.2 Å². The number of methoxy groups -OCH3 is 3. The quantitative estimate of drug-likeness (QED) is 0.516. The van der Waals surface area contributed by atoms with Crippen molar-refractivity contribution < 1.29 is 28.6 Å². The van der Waals surface area contributed by atoms with Crippen LogP contribution in [0.4, 0.5) is 5.69 Å². The molecule has 1 spiro atoms. The van der Waals surface area contributed by atoms with Crippen molar-refractivity contribution in [1.82, 2.24) is 5.32 Å². The standard InChI is InChI=1S/C26H25N3O6/c1-33-22(30)17-13-26-16-11-7-8-12-18(16)29(14-15-9-5-4-6-10-15)21(26)19(23(31)34-2)20(24(32)35-3)28-25(26)27-17/h4-12,17,21H,13-14H2,1-3H3,(H,27,28)/t17?,21?,26-/m0/s1. The number of rotatable bonds is 5. The number of esters is 3. The van der Waals surface area contributed by atoms with E-state index in [9.17, 15) is 14.4 Å². The first kappa shape index (κ1) is 22.6. The molecule has 3 atom stereocenters. The van der Waals surface area contributed by atoms with Crippen LogP contribution in [-0.2, 0) is 40.6 Å². The number of ether oxygens (including phenoxy) is 3. The van der Waals surface area contributed by atoms with Crippen molar-refractivity contribution in [3.05, 3.63) is 77.0 Å². The minimum absolute atomic E-state index is 0.0462. The highest BCUT2D eigenvalue weighted by Gasteiger charge is 2.64. The second-order valence-corrected chi connectivity index (χ2v) is 8.62. The van der Waals surface area contributed by atoms with Gasteiger partial charge in [0.2, 0.25) is 0 Å². The smallest absolute Gasteiger partial charge is 0.355 e. The molecule has 0 aromatic heterocycles. The maximum Gasteiger partial charge on any atom is 0.355 e. The third-order valence-corrected chi connectivity index (χ3v) is 6.95. The van der Waals surface area contributed by atoms with Gasteiger partial charge in [-0.25, -0.2) is 14.4 Å². The molecular weight excluding hydrogens is 450 g/mol. The van der Waals surface area contributed by atoms with Crippen LogP contribution in [0.2, 0.25) is 0 Å². The topological polar surface area (TPSA) is 107 Å². The summed E-state index contributed by atoms with van der Waals surface area (Å²) in [6.07, 6.45) is 0.268. The maximum absolute atomic E-state index is 13.3. The molecule has 3 aliphatic heterocycles. The molecule has 0 saturated carbocycles. The summed E-state index contributed by atoms with van der Waals surface area (Å²) in [7, 11) is 3.83. The van der Waals surface area contributed by atoms with Gasteiger partial charge in [0, 0.05) is 12.2 Å². The largest absolute Gasteiger partial charge is 0.467 e. The Bertz CT molecular complexity index is 1270. The van der Waals surface area contributed by atoms with Gasteiger partial charge in [0.15, 0.2) is 6.04 Å². The second kappa shape index (κ2) is 8.57. The Morgan fingerprint density at radius 3 is 2.34 bits per heavy atom. The molecular formula is C26H25N3O6. The molecule has 2 aromatic rings. The van der Waals surface area contributed by atoms with Crippen LogP contribution >= 0.6 is 0 Å². The van der Waals surface area contributed by atoms with Gasteiger partial charge >= 0.3 is 17.9 Å². The summed E-state index contributed by atoms with van der Waals surface area (Å²) >= 11 is 0. The third-order valence-electron chi connectivity index (χ3n) is 6.95. The zero-order valence-corrected chi connectivity index (χ0v) is 19.6. The van der Waals surface area contributed by atoms with Crippen LogP contribution in [0, 0.1) is 0 Å². The third kappa shape index (κ3) is 3.30. The molecule has 3 heterocycles. The van der Waals surface area contributed by atoms with Crippen molar-refractivity contribution in [3.8, 4) is 0 Å². The lowest BCUT2D eigenvalue weighted by Gasteiger charge is -2.42. The number of amidine groups is 1. The number of benzene rings is 2. The predicted molar refractivity (Wildman–Crippen MR) is 127 cm³/mol. The fourth-order valence-electron chi connectivity index (χ4n) is 5.53. The van der Waals surface area contributed by atoms with Gasteiger partial charge in [-0.3, -0.25) is 4.99 Å². The van der Waals surface area contributed by atoms with E-state index in [0.717, 1.165) is 16.8 Å². The molecule has 1 N–H and O–H groups in total. The van der Waals surface area contributed by atoms with E-state index in [1.807, 2.05) is 54.6 Å². The van der Waals surface area contributed by atoms with Crippen LogP contribution in [-0.4, -0.2) is 57.2 Å². The summed E-state index contributed by atoms with van der Waals surface area (Å²) in [6, 6.07) is 16.1. The van der Waals surface area contributed by atoms with Crippen LogP contribution in [0.3, 0.4) is 0 Å². The van der Waals surface area contributed by atoms with Gasteiger partial charge in [-0.15, -0.1) is 0 Å². The molecule has 9 nitrogen and oxygen atoms in total. The highest BCUT2D eigenvalue weighted by Crippen LogP contribution is 2.56. The first-order valence-electron chi connectivity index (χ1n) is 11.2. The monoisotopic (exact) mass is 475 g/mol. The summed E-state index contributed by atoms with van der Waals surface area (Å²) in [6.45, 7) is 0.454. The Morgan fingerprint density at radius 2 is 1.66 bits per heavy atom. The van der Waals surface area contributed by atoms with Gasteiger partial charge in [-0.05, 0) is 23.6 Å². The summed E-state index contributed by atoms with van der Waals surface area (Å²) in [5.74, 6) is -1.44. The van der Waals surface area contributed by atoms with Gasteiger partial charge < -0.3 is 24.4 Å². The van der Waals surface area contributed by atoms with E-state index >= 15 is 0 Å². The number of anilines is 1. The van der Waals surface area contributed by atoms with E-state index in [-0.39, 0.29) is 17.7 Å². The van der Waals surface area contributed by atoms with Gasteiger partial charge in [0.1, 0.15) is 11.5 Å². The fourth-order valence-corrected chi connectivity index (χ4v) is 5.53. The number of hydrogen-bond donors (Lipinski definition) is 1. The summed E-state index contributed by atoms with van der Waals surface area (Å²) < 4.78 is 15.2. The Labute approximate surface area is 202 Å². The molecule has 180 valence electrons. The second-order valence-electron chi connectivity index (χ2n) is 8.62. The molecule has 0 amide bonds. The number of nitrogens with one attached hydrogen (secondary N) is 1. The zero-order valence-electron chi connectivity index (χ0n) is 19.6. The fraction of sp³-hybridized carbons (Fsp3) is 0.308. The molecule has 0 bridgehead atoms. The molecule has 35 heavy (non-hydrogen) atoms. The highest BCUT2D eigenvalue weighted by atomic mass is 16.5. The molecule has 0 aliphatic carbocycles. The van der Waals surface area contributed by atoms with Gasteiger partial charge in [0.25, 0.3) is 0 Å². The number of carbonyl (C=O) groups excluding carboxylic acids is 3. The SMILES string of the molecule is COC(=O)C1=C(C(=O)OC)C2N(Cc3ccccc3)c3ccccc3[C@@]23CC(C(=O)OC)N=C3N1. The van der Waals surface area contributed by atoms with Crippen molar-refractivity contribution in [2.75, 3.05) is 26.2 Å². The number of fused-ring (bicyclic) bond motifs is 1. The van der Waals surface area contributed by atoms with Crippen LogP contribution in [0.5, 0.6) is 0 Å². The van der Waals surface area contributed by atoms with E-state index in [1.165, 1.54) is 21.3 Å². The minimum atomic E-state index is -0.898. The molecule has 5 rings (SSSR count). The van der Waals surface area contributed by atoms with Crippen molar-refractivity contribution in [2.45, 2.75) is 30.5 Å². The lowest BCUT2D eigenvalue weighted by atomic mass is 9.68. The van der Waals surface area contributed by atoms with Crippen molar-refractivity contribution in [3.63, 3.8) is 0 Å². The Hall–Kier alpha value is -4.14. The summed E-state index contributed by atoms with van der Waals surface area (Å²) in [4.78, 5) is 45.5. The summed E-state index contributed by atoms with van der Waals surface area (Å²) in [5, 5.41) is 3.05. The lowest BCUT2D eigenvalue weighted by Crippen LogP contribution is -2.59. The van der Waals surface area contributed by atoms with Gasteiger partial charge in [0.05, 0.1) is 38.4 Å². The van der Waals surface area contributed by atoms with Crippen molar-refractivity contribution in [2.24, 2.45) is 4.99 Å². The maximum atomic E-state index is 13.3. The van der Waals surface area contributed by atoms with Crippen LogP contribution < -0.4 is 10.2 Å². The first-order chi connectivity index (χ1) is 17.0. The van der Waals surface area contributed by atoms with Crippen molar-refractivity contribution >= 4 is 29.4 Å². The first-order valence-corrected chi connectivity index (χ1v) is 11.2. The average Bonchev–Trinajstić information content (AvgIpc) is 3.42. The molecule has 0 radical (unpaired) electrons.